The summed E-state index contributed by atoms with van der Waals surface area (Å²) in [5, 5.41) is 2.92. The highest BCUT2D eigenvalue weighted by atomic mass is 16.6. The van der Waals surface area contributed by atoms with Crippen molar-refractivity contribution in [1.29, 1.82) is 0 Å². The SMILES string of the molecule is COc1ccccc1NC(=O)[C@H]1[C@@H]2C[C@H]3[C@@H]1C(=O)O[C@@H]3C2. The highest BCUT2D eigenvalue weighted by Gasteiger charge is 2.63. The Labute approximate surface area is 122 Å². The summed E-state index contributed by atoms with van der Waals surface area (Å²) in [4.78, 5) is 24.6. The summed E-state index contributed by atoms with van der Waals surface area (Å²) >= 11 is 0. The van der Waals surface area contributed by atoms with E-state index >= 15 is 0 Å². The van der Waals surface area contributed by atoms with Gasteiger partial charge in [0.1, 0.15) is 11.9 Å². The van der Waals surface area contributed by atoms with Crippen LogP contribution in [0.4, 0.5) is 5.69 Å². The Morgan fingerprint density at radius 1 is 1.33 bits per heavy atom. The minimum Gasteiger partial charge on any atom is -0.495 e. The Morgan fingerprint density at radius 3 is 2.95 bits per heavy atom. The fourth-order valence-electron chi connectivity index (χ4n) is 4.33. The summed E-state index contributed by atoms with van der Waals surface area (Å²) in [6.07, 6.45) is 1.82. The van der Waals surface area contributed by atoms with Crippen LogP contribution in [0.15, 0.2) is 24.3 Å². The molecule has 0 unspecified atom stereocenters. The second kappa shape index (κ2) is 4.48. The number of methoxy groups -OCH3 is 1. The summed E-state index contributed by atoms with van der Waals surface area (Å²) in [6.45, 7) is 0. The number of fused-ring (bicyclic) bond motifs is 1. The van der Waals surface area contributed by atoms with Gasteiger partial charge >= 0.3 is 5.97 Å². The van der Waals surface area contributed by atoms with E-state index in [0.717, 1.165) is 12.8 Å². The third-order valence-corrected chi connectivity index (χ3v) is 5.15. The van der Waals surface area contributed by atoms with Gasteiger partial charge in [0.2, 0.25) is 5.91 Å². The van der Waals surface area contributed by atoms with Crippen LogP contribution >= 0.6 is 0 Å². The van der Waals surface area contributed by atoms with Crippen LogP contribution in [0.5, 0.6) is 5.75 Å². The van der Waals surface area contributed by atoms with Gasteiger partial charge in [-0.15, -0.1) is 0 Å². The molecule has 1 aromatic carbocycles. The molecule has 110 valence electrons. The number of amides is 1. The van der Waals surface area contributed by atoms with E-state index in [1.54, 1.807) is 19.2 Å². The zero-order chi connectivity index (χ0) is 14.6. The van der Waals surface area contributed by atoms with Gasteiger partial charge in [-0.1, -0.05) is 12.1 Å². The Hall–Kier alpha value is -2.04. The normalized spacial score (nSPS) is 35.7. The van der Waals surface area contributed by atoms with Gasteiger partial charge in [0.25, 0.3) is 0 Å². The first-order chi connectivity index (χ1) is 10.2. The predicted octanol–water partition coefficient (Wildman–Crippen LogP) is 1.83. The number of hydrogen-bond donors (Lipinski definition) is 1. The quantitative estimate of drug-likeness (QED) is 0.861. The average Bonchev–Trinajstić information content (AvgIpc) is 3.09. The Morgan fingerprint density at radius 2 is 2.14 bits per heavy atom. The predicted molar refractivity (Wildman–Crippen MR) is 74.7 cm³/mol. The molecule has 1 saturated heterocycles. The molecule has 0 spiro atoms. The molecule has 1 N–H and O–H groups in total. The number of para-hydroxylation sites is 2. The Balaban J connectivity index is 1.57. The molecule has 3 aliphatic rings. The highest BCUT2D eigenvalue weighted by Crippen LogP contribution is 2.57. The van der Waals surface area contributed by atoms with Crippen molar-refractivity contribution in [3.63, 3.8) is 0 Å². The van der Waals surface area contributed by atoms with E-state index in [2.05, 4.69) is 5.32 Å². The molecule has 1 heterocycles. The van der Waals surface area contributed by atoms with Crippen molar-refractivity contribution >= 4 is 17.6 Å². The third kappa shape index (κ3) is 1.76. The summed E-state index contributed by atoms with van der Waals surface area (Å²) in [7, 11) is 1.57. The maximum atomic E-state index is 12.6. The topological polar surface area (TPSA) is 64.6 Å². The molecule has 1 aliphatic heterocycles. The molecule has 21 heavy (non-hydrogen) atoms. The molecule has 1 amide bonds. The molecule has 2 saturated carbocycles. The number of carbonyl (C=O) groups excluding carboxylic acids is 2. The van der Waals surface area contributed by atoms with Crippen LogP contribution in [0.1, 0.15) is 12.8 Å². The summed E-state index contributed by atoms with van der Waals surface area (Å²) in [5.41, 5.74) is 0.649. The second-order valence-electron chi connectivity index (χ2n) is 6.11. The summed E-state index contributed by atoms with van der Waals surface area (Å²) in [5.74, 6) is 0.358. The molecular weight excluding hydrogens is 270 g/mol. The third-order valence-electron chi connectivity index (χ3n) is 5.15. The van der Waals surface area contributed by atoms with Crippen LogP contribution in [-0.2, 0) is 14.3 Å². The number of nitrogens with one attached hydrogen (secondary N) is 1. The Bertz CT molecular complexity index is 612. The van der Waals surface area contributed by atoms with Crippen molar-refractivity contribution in [2.24, 2.45) is 23.7 Å². The molecule has 2 aliphatic carbocycles. The van der Waals surface area contributed by atoms with Gasteiger partial charge < -0.3 is 14.8 Å². The fourth-order valence-corrected chi connectivity index (χ4v) is 4.33. The summed E-state index contributed by atoms with van der Waals surface area (Å²) in [6, 6.07) is 7.31. The van der Waals surface area contributed by atoms with Crippen LogP contribution in [0.3, 0.4) is 0 Å². The minimum atomic E-state index is -0.258. The zero-order valence-electron chi connectivity index (χ0n) is 11.7. The zero-order valence-corrected chi connectivity index (χ0v) is 11.7. The lowest BCUT2D eigenvalue weighted by Crippen LogP contribution is -2.35. The molecule has 4 rings (SSSR count). The molecule has 5 atom stereocenters. The maximum Gasteiger partial charge on any atom is 0.310 e. The number of benzene rings is 1. The number of rotatable bonds is 3. The van der Waals surface area contributed by atoms with Crippen molar-refractivity contribution in [3.05, 3.63) is 24.3 Å². The van der Waals surface area contributed by atoms with Crippen molar-refractivity contribution in [3.8, 4) is 5.75 Å². The van der Waals surface area contributed by atoms with E-state index in [1.165, 1.54) is 0 Å². The van der Waals surface area contributed by atoms with Crippen molar-refractivity contribution in [1.82, 2.24) is 0 Å². The van der Waals surface area contributed by atoms with Gasteiger partial charge in [-0.3, -0.25) is 9.59 Å². The fraction of sp³-hybridized carbons (Fsp3) is 0.500. The van der Waals surface area contributed by atoms with E-state index in [0.29, 0.717) is 11.4 Å². The molecule has 1 aromatic rings. The molecule has 5 nitrogen and oxygen atoms in total. The van der Waals surface area contributed by atoms with Gasteiger partial charge in [0, 0.05) is 5.92 Å². The first-order valence-electron chi connectivity index (χ1n) is 7.33. The lowest BCUT2D eigenvalue weighted by Gasteiger charge is -2.23. The Kier molecular flexibility index (Phi) is 2.71. The van der Waals surface area contributed by atoms with E-state index in [1.807, 2.05) is 12.1 Å². The second-order valence-corrected chi connectivity index (χ2v) is 6.11. The van der Waals surface area contributed by atoms with Gasteiger partial charge in [-0.2, -0.15) is 0 Å². The first kappa shape index (κ1) is 12.7. The molecule has 5 heteroatoms. The van der Waals surface area contributed by atoms with Gasteiger partial charge in [-0.05, 0) is 30.9 Å². The largest absolute Gasteiger partial charge is 0.495 e. The van der Waals surface area contributed by atoms with Crippen molar-refractivity contribution in [2.75, 3.05) is 12.4 Å². The molecule has 0 radical (unpaired) electrons. The van der Waals surface area contributed by atoms with E-state index in [-0.39, 0.29) is 41.7 Å². The van der Waals surface area contributed by atoms with Crippen molar-refractivity contribution in [2.45, 2.75) is 18.9 Å². The molecule has 0 aromatic heterocycles. The van der Waals surface area contributed by atoms with Crippen LogP contribution in [-0.4, -0.2) is 25.1 Å². The van der Waals surface area contributed by atoms with Gasteiger partial charge in [-0.25, -0.2) is 0 Å². The van der Waals surface area contributed by atoms with Crippen LogP contribution in [0.2, 0.25) is 0 Å². The summed E-state index contributed by atoms with van der Waals surface area (Å²) < 4.78 is 10.6. The van der Waals surface area contributed by atoms with Crippen LogP contribution in [0.25, 0.3) is 0 Å². The number of esters is 1. The van der Waals surface area contributed by atoms with Crippen LogP contribution < -0.4 is 10.1 Å². The first-order valence-corrected chi connectivity index (χ1v) is 7.33. The number of anilines is 1. The lowest BCUT2D eigenvalue weighted by molar-refractivity contribution is -0.145. The van der Waals surface area contributed by atoms with Gasteiger partial charge in [0.15, 0.2) is 0 Å². The van der Waals surface area contributed by atoms with E-state index < -0.39 is 0 Å². The number of carbonyl (C=O) groups is 2. The monoisotopic (exact) mass is 287 g/mol. The van der Waals surface area contributed by atoms with E-state index in [4.69, 9.17) is 9.47 Å². The molecular formula is C16H17NO4. The molecule has 3 fully saturated rings. The van der Waals surface area contributed by atoms with E-state index in [9.17, 15) is 9.59 Å². The van der Waals surface area contributed by atoms with Crippen molar-refractivity contribution < 1.29 is 19.1 Å². The standard InChI is InChI=1S/C16H17NO4/c1-20-11-5-3-2-4-10(11)17-15(18)13-8-6-9-12(7-8)21-16(19)14(9)13/h2-5,8-9,12-14H,6-7H2,1H3,(H,17,18)/t8-,9-,12-,13+,14+/m1/s1. The maximum absolute atomic E-state index is 12.6. The molecule has 2 bridgehead atoms. The number of hydrogen-bond acceptors (Lipinski definition) is 4. The smallest absolute Gasteiger partial charge is 0.310 e. The average molecular weight is 287 g/mol. The van der Waals surface area contributed by atoms with Crippen LogP contribution in [0, 0.1) is 23.7 Å². The number of ether oxygens (including phenoxy) is 2. The van der Waals surface area contributed by atoms with Gasteiger partial charge in [0.05, 0.1) is 24.6 Å². The highest BCUT2D eigenvalue weighted by molar-refractivity contribution is 5.97. The lowest BCUT2D eigenvalue weighted by atomic mass is 9.79. The minimum absolute atomic E-state index is 0.0582.